The van der Waals surface area contributed by atoms with E-state index in [2.05, 4.69) is 22.1 Å². The highest BCUT2D eigenvalue weighted by atomic mass is 16.5. The SMILES string of the molecule is COc1cnn(C2(C(=O)O)CCN(Cc3ccccc3)C2)c1. The number of hydrogen-bond donors (Lipinski definition) is 1. The Balaban J connectivity index is 1.80. The number of likely N-dealkylation sites (tertiary alicyclic amines) is 1. The fourth-order valence-electron chi connectivity index (χ4n) is 2.95. The first-order valence-corrected chi connectivity index (χ1v) is 7.23. The summed E-state index contributed by atoms with van der Waals surface area (Å²) < 4.78 is 6.64. The van der Waals surface area contributed by atoms with Crippen LogP contribution >= 0.6 is 0 Å². The lowest BCUT2D eigenvalue weighted by Crippen LogP contribution is -2.44. The number of rotatable bonds is 5. The van der Waals surface area contributed by atoms with E-state index in [1.165, 1.54) is 10.2 Å². The Kier molecular flexibility index (Phi) is 3.85. The molecule has 1 saturated heterocycles. The number of carbonyl (C=O) groups is 1. The van der Waals surface area contributed by atoms with Crippen molar-refractivity contribution in [3.8, 4) is 5.75 Å². The van der Waals surface area contributed by atoms with Crippen LogP contribution in [0.15, 0.2) is 42.7 Å². The largest absolute Gasteiger partial charge is 0.493 e. The van der Waals surface area contributed by atoms with Gasteiger partial charge in [0.25, 0.3) is 0 Å². The summed E-state index contributed by atoms with van der Waals surface area (Å²) in [6, 6.07) is 10.1. The maximum absolute atomic E-state index is 11.9. The number of aromatic nitrogens is 2. The van der Waals surface area contributed by atoms with Crippen LogP contribution in [-0.2, 0) is 16.9 Å². The van der Waals surface area contributed by atoms with Gasteiger partial charge in [-0.25, -0.2) is 4.79 Å². The van der Waals surface area contributed by atoms with Gasteiger partial charge in [0.1, 0.15) is 0 Å². The second kappa shape index (κ2) is 5.81. The second-order valence-corrected chi connectivity index (χ2v) is 5.61. The molecule has 0 spiro atoms. The number of hydrogen-bond acceptors (Lipinski definition) is 4. The van der Waals surface area contributed by atoms with E-state index in [0.717, 1.165) is 13.1 Å². The van der Waals surface area contributed by atoms with Gasteiger partial charge in [-0.15, -0.1) is 0 Å². The lowest BCUT2D eigenvalue weighted by Gasteiger charge is -2.25. The number of ether oxygens (including phenoxy) is 1. The van der Waals surface area contributed by atoms with Gasteiger partial charge in [-0.05, 0) is 12.0 Å². The summed E-state index contributed by atoms with van der Waals surface area (Å²) in [5.41, 5.74) is 0.160. The van der Waals surface area contributed by atoms with Crippen LogP contribution in [0.2, 0.25) is 0 Å². The van der Waals surface area contributed by atoms with Crippen LogP contribution in [0.3, 0.4) is 0 Å². The molecule has 3 rings (SSSR count). The fraction of sp³-hybridized carbons (Fsp3) is 0.375. The van der Waals surface area contributed by atoms with E-state index in [0.29, 0.717) is 18.7 Å². The minimum absolute atomic E-state index is 0.433. The third kappa shape index (κ3) is 2.57. The van der Waals surface area contributed by atoms with E-state index >= 15 is 0 Å². The van der Waals surface area contributed by atoms with Crippen molar-refractivity contribution < 1.29 is 14.6 Å². The summed E-state index contributed by atoms with van der Waals surface area (Å²) in [5, 5.41) is 13.9. The molecule has 6 nitrogen and oxygen atoms in total. The zero-order valence-electron chi connectivity index (χ0n) is 12.5. The van der Waals surface area contributed by atoms with Gasteiger partial charge in [0, 0.05) is 19.6 Å². The lowest BCUT2D eigenvalue weighted by molar-refractivity contribution is -0.147. The van der Waals surface area contributed by atoms with Gasteiger partial charge in [-0.3, -0.25) is 9.58 Å². The summed E-state index contributed by atoms with van der Waals surface area (Å²) in [5.74, 6) is -0.282. The average Bonchev–Trinajstić information content (AvgIpc) is 3.15. The summed E-state index contributed by atoms with van der Waals surface area (Å²) in [6.45, 7) is 1.90. The van der Waals surface area contributed by atoms with Crippen molar-refractivity contribution in [1.29, 1.82) is 0 Å². The van der Waals surface area contributed by atoms with Crippen molar-refractivity contribution in [1.82, 2.24) is 14.7 Å². The minimum atomic E-state index is -1.02. The third-order valence-corrected chi connectivity index (χ3v) is 4.21. The van der Waals surface area contributed by atoms with Gasteiger partial charge in [0.05, 0.1) is 19.5 Å². The smallest absolute Gasteiger partial charge is 0.333 e. The number of methoxy groups -OCH3 is 1. The molecule has 116 valence electrons. The van der Waals surface area contributed by atoms with Gasteiger partial charge >= 0.3 is 5.97 Å². The Morgan fingerprint density at radius 2 is 2.18 bits per heavy atom. The molecule has 1 atom stereocenters. The van der Waals surface area contributed by atoms with Crippen LogP contribution in [0.1, 0.15) is 12.0 Å². The normalized spacial score (nSPS) is 21.9. The molecule has 0 aliphatic carbocycles. The van der Waals surface area contributed by atoms with Crippen LogP contribution in [0.5, 0.6) is 5.75 Å². The average molecular weight is 301 g/mol. The van der Waals surface area contributed by atoms with Gasteiger partial charge in [-0.2, -0.15) is 5.10 Å². The maximum Gasteiger partial charge on any atom is 0.333 e. The van der Waals surface area contributed by atoms with E-state index in [9.17, 15) is 9.90 Å². The topological polar surface area (TPSA) is 67.6 Å². The monoisotopic (exact) mass is 301 g/mol. The van der Waals surface area contributed by atoms with E-state index in [1.54, 1.807) is 19.5 Å². The van der Waals surface area contributed by atoms with Gasteiger partial charge in [0.2, 0.25) is 0 Å². The number of aliphatic carboxylic acids is 1. The summed E-state index contributed by atoms with van der Waals surface area (Å²) >= 11 is 0. The second-order valence-electron chi connectivity index (χ2n) is 5.61. The van der Waals surface area contributed by atoms with Gasteiger partial charge in [0.15, 0.2) is 11.3 Å². The number of nitrogens with zero attached hydrogens (tertiary/aromatic N) is 3. The molecule has 0 amide bonds. The van der Waals surface area contributed by atoms with Crippen LogP contribution in [0, 0.1) is 0 Å². The van der Waals surface area contributed by atoms with Crippen molar-refractivity contribution in [2.75, 3.05) is 20.2 Å². The summed E-state index contributed by atoms with van der Waals surface area (Å²) in [6.07, 6.45) is 3.73. The van der Waals surface area contributed by atoms with Crippen molar-refractivity contribution >= 4 is 5.97 Å². The van der Waals surface area contributed by atoms with E-state index in [-0.39, 0.29) is 0 Å². The van der Waals surface area contributed by atoms with Crippen molar-refractivity contribution in [3.63, 3.8) is 0 Å². The van der Waals surface area contributed by atoms with Gasteiger partial charge < -0.3 is 9.84 Å². The maximum atomic E-state index is 11.9. The van der Waals surface area contributed by atoms with E-state index in [1.807, 2.05) is 18.2 Å². The first-order valence-electron chi connectivity index (χ1n) is 7.23. The number of carboxylic acid groups (broad SMARTS) is 1. The molecule has 0 saturated carbocycles. The quantitative estimate of drug-likeness (QED) is 0.908. The molecule has 1 N–H and O–H groups in total. The highest BCUT2D eigenvalue weighted by Crippen LogP contribution is 2.31. The Morgan fingerprint density at radius 1 is 1.41 bits per heavy atom. The molecule has 1 aromatic carbocycles. The first kappa shape index (κ1) is 14.6. The summed E-state index contributed by atoms with van der Waals surface area (Å²) in [4.78, 5) is 14.0. The highest BCUT2D eigenvalue weighted by molar-refractivity contribution is 5.77. The Labute approximate surface area is 128 Å². The molecule has 6 heteroatoms. The molecule has 0 radical (unpaired) electrons. The molecule has 0 bridgehead atoms. The minimum Gasteiger partial charge on any atom is -0.493 e. The zero-order chi connectivity index (χ0) is 15.6. The van der Waals surface area contributed by atoms with Crippen LogP contribution in [0.25, 0.3) is 0 Å². The van der Waals surface area contributed by atoms with Crippen LogP contribution in [-0.4, -0.2) is 46.0 Å². The molecule has 1 unspecified atom stereocenters. The zero-order valence-corrected chi connectivity index (χ0v) is 12.5. The molecule has 1 aliphatic heterocycles. The molecule has 1 aliphatic rings. The molecule has 1 aromatic heterocycles. The number of carboxylic acids is 1. The van der Waals surface area contributed by atoms with E-state index < -0.39 is 11.5 Å². The van der Waals surface area contributed by atoms with E-state index in [4.69, 9.17) is 4.74 Å². The first-order chi connectivity index (χ1) is 10.6. The predicted octanol–water partition coefficient (Wildman–Crippen LogP) is 1.58. The van der Waals surface area contributed by atoms with Gasteiger partial charge in [-0.1, -0.05) is 30.3 Å². The lowest BCUT2D eigenvalue weighted by atomic mass is 9.99. The molecule has 2 aromatic rings. The molecular formula is C16H19N3O3. The Morgan fingerprint density at radius 3 is 2.82 bits per heavy atom. The van der Waals surface area contributed by atoms with Crippen molar-refractivity contribution in [2.24, 2.45) is 0 Å². The molecule has 1 fully saturated rings. The summed E-state index contributed by atoms with van der Waals surface area (Å²) in [7, 11) is 1.55. The van der Waals surface area contributed by atoms with Crippen molar-refractivity contribution in [2.45, 2.75) is 18.5 Å². The Bertz CT molecular complexity index is 656. The molecule has 22 heavy (non-hydrogen) atoms. The Hall–Kier alpha value is -2.34. The molecular weight excluding hydrogens is 282 g/mol. The third-order valence-electron chi connectivity index (χ3n) is 4.21. The fourth-order valence-corrected chi connectivity index (χ4v) is 2.95. The van der Waals surface area contributed by atoms with Crippen molar-refractivity contribution in [3.05, 3.63) is 48.3 Å². The van der Waals surface area contributed by atoms with Crippen LogP contribution in [0.4, 0.5) is 0 Å². The predicted molar refractivity (Wildman–Crippen MR) is 80.7 cm³/mol. The highest BCUT2D eigenvalue weighted by Gasteiger charge is 2.47. The number of benzene rings is 1. The van der Waals surface area contributed by atoms with Crippen LogP contribution < -0.4 is 4.74 Å². The standard InChI is InChI=1S/C16H19N3O3/c1-22-14-9-17-19(11-14)16(15(20)21)7-8-18(12-16)10-13-5-3-2-4-6-13/h2-6,9,11H,7-8,10,12H2,1H3,(H,20,21). The molecule has 2 heterocycles.